The Balaban J connectivity index is 4.05. The highest BCUT2D eigenvalue weighted by Gasteiger charge is 2.18. The molecule has 5 heteroatoms. The SMILES string of the molecule is C=CCC(NC(=O)NCC(CC)CC)C(=O)O. The molecule has 0 aromatic carbocycles. The first-order valence-electron chi connectivity index (χ1n) is 5.93. The van der Waals surface area contributed by atoms with E-state index in [0.29, 0.717) is 12.5 Å². The summed E-state index contributed by atoms with van der Waals surface area (Å²) in [7, 11) is 0. The van der Waals surface area contributed by atoms with E-state index >= 15 is 0 Å². The molecular weight excluding hydrogens is 220 g/mol. The third-order valence-corrected chi connectivity index (χ3v) is 2.71. The van der Waals surface area contributed by atoms with Crippen molar-refractivity contribution < 1.29 is 14.7 Å². The number of carboxylic acid groups (broad SMARTS) is 1. The summed E-state index contributed by atoms with van der Waals surface area (Å²) >= 11 is 0. The molecular formula is C12H22N2O3. The molecule has 1 atom stereocenters. The van der Waals surface area contributed by atoms with Crippen LogP contribution in [0.25, 0.3) is 0 Å². The van der Waals surface area contributed by atoms with Crippen molar-refractivity contribution in [1.29, 1.82) is 0 Å². The lowest BCUT2D eigenvalue weighted by Crippen LogP contribution is -2.46. The first-order chi connectivity index (χ1) is 8.04. The van der Waals surface area contributed by atoms with Crippen LogP contribution in [0, 0.1) is 5.92 Å². The average molecular weight is 242 g/mol. The quantitative estimate of drug-likeness (QED) is 0.567. The molecule has 98 valence electrons. The largest absolute Gasteiger partial charge is 0.480 e. The van der Waals surface area contributed by atoms with Crippen LogP contribution in [0.5, 0.6) is 0 Å². The predicted molar refractivity (Wildman–Crippen MR) is 66.8 cm³/mol. The minimum Gasteiger partial charge on any atom is -0.480 e. The van der Waals surface area contributed by atoms with E-state index in [9.17, 15) is 9.59 Å². The molecule has 0 heterocycles. The van der Waals surface area contributed by atoms with E-state index in [1.807, 2.05) is 0 Å². The van der Waals surface area contributed by atoms with Gasteiger partial charge < -0.3 is 15.7 Å². The van der Waals surface area contributed by atoms with Crippen LogP contribution in [0.15, 0.2) is 12.7 Å². The normalized spacial score (nSPS) is 11.9. The fraction of sp³-hybridized carbons (Fsp3) is 0.667. The van der Waals surface area contributed by atoms with Crippen molar-refractivity contribution >= 4 is 12.0 Å². The first kappa shape index (κ1) is 15.5. The molecule has 5 nitrogen and oxygen atoms in total. The van der Waals surface area contributed by atoms with Crippen LogP contribution in [0.1, 0.15) is 33.1 Å². The van der Waals surface area contributed by atoms with E-state index in [2.05, 4.69) is 31.1 Å². The van der Waals surface area contributed by atoms with Gasteiger partial charge in [-0.25, -0.2) is 9.59 Å². The van der Waals surface area contributed by atoms with E-state index in [1.165, 1.54) is 6.08 Å². The van der Waals surface area contributed by atoms with Gasteiger partial charge in [0.15, 0.2) is 0 Å². The zero-order valence-corrected chi connectivity index (χ0v) is 10.5. The molecule has 0 aromatic heterocycles. The highest BCUT2D eigenvalue weighted by atomic mass is 16.4. The summed E-state index contributed by atoms with van der Waals surface area (Å²) < 4.78 is 0. The Morgan fingerprint density at radius 2 is 1.94 bits per heavy atom. The standard InChI is InChI=1S/C12H22N2O3/c1-4-7-10(11(15)16)14-12(17)13-8-9(5-2)6-3/h4,9-10H,1,5-8H2,2-3H3,(H,15,16)(H2,13,14,17). The summed E-state index contributed by atoms with van der Waals surface area (Å²) in [4.78, 5) is 22.2. The van der Waals surface area contributed by atoms with Crippen molar-refractivity contribution in [2.45, 2.75) is 39.2 Å². The molecule has 0 radical (unpaired) electrons. The summed E-state index contributed by atoms with van der Waals surface area (Å²) in [6, 6.07) is -1.35. The second-order valence-electron chi connectivity index (χ2n) is 3.95. The predicted octanol–water partition coefficient (Wildman–Crippen LogP) is 1.75. The van der Waals surface area contributed by atoms with Gasteiger partial charge in [0.2, 0.25) is 0 Å². The number of amides is 2. The second kappa shape index (κ2) is 8.61. The van der Waals surface area contributed by atoms with Gasteiger partial charge in [-0.15, -0.1) is 6.58 Å². The van der Waals surface area contributed by atoms with E-state index in [-0.39, 0.29) is 6.42 Å². The van der Waals surface area contributed by atoms with Gasteiger partial charge in [-0.2, -0.15) is 0 Å². The van der Waals surface area contributed by atoms with E-state index in [1.54, 1.807) is 0 Å². The van der Waals surface area contributed by atoms with Crippen LogP contribution in [0.3, 0.4) is 0 Å². The van der Waals surface area contributed by atoms with Gasteiger partial charge in [0.1, 0.15) is 6.04 Å². The monoisotopic (exact) mass is 242 g/mol. The Morgan fingerprint density at radius 3 is 2.35 bits per heavy atom. The maximum Gasteiger partial charge on any atom is 0.326 e. The van der Waals surface area contributed by atoms with Crippen molar-refractivity contribution in [3.63, 3.8) is 0 Å². The molecule has 0 aliphatic carbocycles. The van der Waals surface area contributed by atoms with Gasteiger partial charge in [-0.3, -0.25) is 0 Å². The fourth-order valence-electron chi connectivity index (χ4n) is 1.41. The molecule has 0 rings (SSSR count). The van der Waals surface area contributed by atoms with Gasteiger partial charge in [-0.1, -0.05) is 32.8 Å². The van der Waals surface area contributed by atoms with Crippen molar-refractivity contribution in [3.8, 4) is 0 Å². The van der Waals surface area contributed by atoms with Crippen LogP contribution in [-0.2, 0) is 4.79 Å². The lowest BCUT2D eigenvalue weighted by atomic mass is 10.0. The maximum absolute atomic E-state index is 11.4. The zero-order valence-electron chi connectivity index (χ0n) is 10.5. The summed E-state index contributed by atoms with van der Waals surface area (Å²) in [5.41, 5.74) is 0. The van der Waals surface area contributed by atoms with Crippen LogP contribution in [-0.4, -0.2) is 29.7 Å². The van der Waals surface area contributed by atoms with Gasteiger partial charge >= 0.3 is 12.0 Å². The summed E-state index contributed by atoms with van der Waals surface area (Å²) in [5, 5.41) is 13.9. The molecule has 0 aliphatic heterocycles. The molecule has 0 fully saturated rings. The number of carbonyl (C=O) groups is 2. The Kier molecular flexibility index (Phi) is 7.84. The van der Waals surface area contributed by atoms with Gasteiger partial charge in [0.05, 0.1) is 0 Å². The minimum absolute atomic E-state index is 0.216. The van der Waals surface area contributed by atoms with Crippen molar-refractivity contribution in [1.82, 2.24) is 10.6 Å². The smallest absolute Gasteiger partial charge is 0.326 e. The van der Waals surface area contributed by atoms with Gasteiger partial charge in [0, 0.05) is 6.54 Å². The highest BCUT2D eigenvalue weighted by molar-refractivity contribution is 5.82. The molecule has 17 heavy (non-hydrogen) atoms. The number of rotatable bonds is 8. The Morgan fingerprint density at radius 1 is 1.35 bits per heavy atom. The number of aliphatic carboxylic acids is 1. The number of urea groups is 1. The molecule has 3 N–H and O–H groups in total. The summed E-state index contributed by atoms with van der Waals surface area (Å²) in [5.74, 6) is -0.619. The number of nitrogens with one attached hydrogen (secondary N) is 2. The molecule has 0 aromatic rings. The zero-order chi connectivity index (χ0) is 13.3. The lowest BCUT2D eigenvalue weighted by Gasteiger charge is -2.16. The molecule has 1 unspecified atom stereocenters. The molecule has 2 amide bonds. The molecule has 0 aliphatic rings. The van der Waals surface area contributed by atoms with Gasteiger partial charge in [-0.05, 0) is 12.3 Å². The fourth-order valence-corrected chi connectivity index (χ4v) is 1.41. The lowest BCUT2D eigenvalue weighted by molar-refractivity contribution is -0.139. The van der Waals surface area contributed by atoms with Crippen molar-refractivity contribution in [2.75, 3.05) is 6.54 Å². The summed E-state index contributed by atoms with van der Waals surface area (Å²) in [6.45, 7) is 8.15. The Bertz CT molecular complexity index is 262. The Hall–Kier alpha value is -1.52. The third kappa shape index (κ3) is 6.60. The molecule has 0 saturated heterocycles. The molecule has 0 spiro atoms. The average Bonchev–Trinajstić information content (AvgIpc) is 2.29. The topological polar surface area (TPSA) is 78.4 Å². The molecule has 0 saturated carbocycles. The minimum atomic E-state index is -1.05. The van der Waals surface area contributed by atoms with E-state index in [4.69, 9.17) is 5.11 Å². The van der Waals surface area contributed by atoms with Crippen molar-refractivity contribution in [3.05, 3.63) is 12.7 Å². The molecule has 0 bridgehead atoms. The first-order valence-corrected chi connectivity index (χ1v) is 5.93. The van der Waals surface area contributed by atoms with Crippen molar-refractivity contribution in [2.24, 2.45) is 5.92 Å². The van der Waals surface area contributed by atoms with E-state index < -0.39 is 18.0 Å². The highest BCUT2D eigenvalue weighted by Crippen LogP contribution is 2.04. The van der Waals surface area contributed by atoms with Crippen LogP contribution in [0.2, 0.25) is 0 Å². The third-order valence-electron chi connectivity index (χ3n) is 2.71. The van der Waals surface area contributed by atoms with Gasteiger partial charge in [0.25, 0.3) is 0 Å². The number of carbonyl (C=O) groups excluding carboxylic acids is 1. The number of hydrogen-bond acceptors (Lipinski definition) is 2. The number of hydrogen-bond donors (Lipinski definition) is 3. The van der Waals surface area contributed by atoms with Crippen LogP contribution in [0.4, 0.5) is 4.79 Å². The second-order valence-corrected chi connectivity index (χ2v) is 3.95. The summed E-state index contributed by atoms with van der Waals surface area (Å²) in [6.07, 6.45) is 3.67. The van der Waals surface area contributed by atoms with E-state index in [0.717, 1.165) is 12.8 Å². The van der Waals surface area contributed by atoms with Crippen LogP contribution >= 0.6 is 0 Å². The van der Waals surface area contributed by atoms with Crippen LogP contribution < -0.4 is 10.6 Å². The maximum atomic E-state index is 11.4. The number of carboxylic acids is 1. The Labute approximate surface area is 102 Å².